The molecule has 0 spiro atoms. The first-order valence-electron chi connectivity index (χ1n) is 7.88. The number of fused-ring (bicyclic) bond motifs is 5. The van der Waals surface area contributed by atoms with Gasteiger partial charge < -0.3 is 0 Å². The molecule has 0 radical (unpaired) electrons. The van der Waals surface area contributed by atoms with Crippen LogP contribution in [-0.4, -0.2) is 11.6 Å². The van der Waals surface area contributed by atoms with Crippen molar-refractivity contribution < 1.29 is 9.59 Å². The van der Waals surface area contributed by atoms with Crippen molar-refractivity contribution in [3.05, 3.63) is 104 Å². The molecule has 24 heavy (non-hydrogen) atoms. The van der Waals surface area contributed by atoms with Gasteiger partial charge in [-0.2, -0.15) is 0 Å². The fraction of sp³-hybridized carbons (Fsp3) is 0. The topological polar surface area (TPSA) is 34.1 Å². The highest BCUT2D eigenvalue weighted by atomic mass is 16.1. The molecule has 2 aliphatic rings. The normalized spacial score (nSPS) is 13.8. The molecule has 2 aliphatic carbocycles. The van der Waals surface area contributed by atoms with Crippen LogP contribution in [0, 0.1) is 0 Å². The molecule has 0 saturated heterocycles. The Hall–Kier alpha value is -3.26. The highest BCUT2D eigenvalue weighted by Crippen LogP contribution is 2.20. The summed E-state index contributed by atoms with van der Waals surface area (Å²) in [5, 5.41) is 1.69. The molecule has 112 valence electrons. The highest BCUT2D eigenvalue weighted by molar-refractivity contribution is 6.16. The average molecular weight is 308 g/mol. The van der Waals surface area contributed by atoms with Gasteiger partial charge >= 0.3 is 0 Å². The number of carbonyl (C=O) groups excluding carboxylic acids is 2. The van der Waals surface area contributed by atoms with E-state index in [1.54, 1.807) is 12.1 Å². The van der Waals surface area contributed by atoms with E-state index in [1.165, 1.54) is 0 Å². The summed E-state index contributed by atoms with van der Waals surface area (Å²) >= 11 is 0. The molecule has 0 saturated carbocycles. The van der Waals surface area contributed by atoms with Crippen LogP contribution in [0.3, 0.4) is 0 Å². The molecule has 0 bridgehead atoms. The number of benzene rings is 3. The average Bonchev–Trinajstić information content (AvgIpc) is 2.62. The lowest BCUT2D eigenvalue weighted by Gasteiger charge is -2.17. The van der Waals surface area contributed by atoms with Gasteiger partial charge in [0, 0.05) is 22.3 Å². The lowest BCUT2D eigenvalue weighted by molar-refractivity contribution is 0.102. The lowest BCUT2D eigenvalue weighted by atomic mass is 9.85. The van der Waals surface area contributed by atoms with E-state index in [1.807, 2.05) is 60.7 Å². The number of hydrogen-bond donors (Lipinski definition) is 0. The number of hydrogen-bond acceptors (Lipinski definition) is 2. The van der Waals surface area contributed by atoms with Crippen molar-refractivity contribution in [1.29, 1.82) is 0 Å². The van der Waals surface area contributed by atoms with Gasteiger partial charge in [-0.05, 0) is 45.8 Å². The minimum atomic E-state index is 0.0191. The maximum Gasteiger partial charge on any atom is 0.194 e. The standard InChI is InChI=1S/C22H12O2/c23-21-15-7-3-1-5-13(15)11-19-17(21)9-10-18-20(19)12-14-6-2-4-8-16(14)22(18)24/h1-12H. The van der Waals surface area contributed by atoms with Gasteiger partial charge in [-0.1, -0.05) is 48.5 Å². The summed E-state index contributed by atoms with van der Waals surface area (Å²) in [6.45, 7) is 0. The Balaban J connectivity index is 1.95. The first kappa shape index (κ1) is 13.2. The van der Waals surface area contributed by atoms with Gasteiger partial charge in [-0.15, -0.1) is 0 Å². The zero-order valence-corrected chi connectivity index (χ0v) is 12.7. The maximum absolute atomic E-state index is 12.8. The van der Waals surface area contributed by atoms with Crippen molar-refractivity contribution in [3.63, 3.8) is 0 Å². The summed E-state index contributed by atoms with van der Waals surface area (Å²) in [5.41, 5.74) is 4.57. The second kappa shape index (κ2) is 4.62. The van der Waals surface area contributed by atoms with Crippen LogP contribution in [0.1, 0.15) is 43.0 Å². The van der Waals surface area contributed by atoms with E-state index in [9.17, 15) is 9.59 Å². The van der Waals surface area contributed by atoms with Crippen LogP contribution in [0.15, 0.2) is 60.7 Å². The molecule has 0 aliphatic heterocycles. The van der Waals surface area contributed by atoms with E-state index >= 15 is 0 Å². The fourth-order valence-electron chi connectivity index (χ4n) is 3.60. The van der Waals surface area contributed by atoms with Crippen LogP contribution < -0.4 is 10.4 Å². The zero-order valence-electron chi connectivity index (χ0n) is 12.7. The van der Waals surface area contributed by atoms with Crippen LogP contribution in [0.4, 0.5) is 0 Å². The molecule has 0 amide bonds. The second-order valence-electron chi connectivity index (χ2n) is 6.11. The molecule has 2 nitrogen and oxygen atoms in total. The van der Waals surface area contributed by atoms with E-state index in [0.29, 0.717) is 22.3 Å². The monoisotopic (exact) mass is 308 g/mol. The summed E-state index contributed by atoms with van der Waals surface area (Å²) < 4.78 is 0. The maximum atomic E-state index is 12.8. The minimum absolute atomic E-state index is 0.0191. The molecular weight excluding hydrogens is 296 g/mol. The predicted molar refractivity (Wildman–Crippen MR) is 92.6 cm³/mol. The Morgan fingerprint density at radius 2 is 0.875 bits per heavy atom. The largest absolute Gasteiger partial charge is 0.289 e. The molecule has 0 heterocycles. The molecule has 3 aromatic carbocycles. The van der Waals surface area contributed by atoms with Gasteiger partial charge in [0.2, 0.25) is 0 Å². The van der Waals surface area contributed by atoms with Crippen molar-refractivity contribution in [1.82, 2.24) is 0 Å². The Kier molecular flexibility index (Phi) is 2.54. The van der Waals surface area contributed by atoms with Gasteiger partial charge in [0.05, 0.1) is 0 Å². The lowest BCUT2D eigenvalue weighted by Crippen LogP contribution is -2.39. The highest BCUT2D eigenvalue weighted by Gasteiger charge is 2.24. The predicted octanol–water partition coefficient (Wildman–Crippen LogP) is 2.43. The quantitative estimate of drug-likeness (QED) is 0.440. The third-order valence-corrected chi connectivity index (χ3v) is 4.79. The van der Waals surface area contributed by atoms with Crippen LogP contribution in [0.5, 0.6) is 0 Å². The second-order valence-corrected chi connectivity index (χ2v) is 6.11. The van der Waals surface area contributed by atoms with E-state index < -0.39 is 0 Å². The van der Waals surface area contributed by atoms with Crippen molar-refractivity contribution in [2.45, 2.75) is 0 Å². The Bertz CT molecular complexity index is 1090. The summed E-state index contributed by atoms with van der Waals surface area (Å²) in [7, 11) is 0. The Morgan fingerprint density at radius 3 is 1.33 bits per heavy atom. The van der Waals surface area contributed by atoms with Crippen molar-refractivity contribution in [3.8, 4) is 0 Å². The van der Waals surface area contributed by atoms with Gasteiger partial charge in [-0.3, -0.25) is 9.59 Å². The van der Waals surface area contributed by atoms with Crippen LogP contribution in [0.25, 0.3) is 12.2 Å². The summed E-state index contributed by atoms with van der Waals surface area (Å²) in [5.74, 6) is 0.0382. The first-order chi connectivity index (χ1) is 11.7. The number of rotatable bonds is 0. The zero-order chi connectivity index (χ0) is 16.3. The molecule has 0 unspecified atom stereocenters. The van der Waals surface area contributed by atoms with Gasteiger partial charge in [0.15, 0.2) is 11.6 Å². The molecule has 0 fully saturated rings. The van der Waals surface area contributed by atoms with E-state index in [-0.39, 0.29) is 11.6 Å². The Labute approximate surface area is 138 Å². The van der Waals surface area contributed by atoms with Crippen molar-refractivity contribution in [2.24, 2.45) is 0 Å². The minimum Gasteiger partial charge on any atom is -0.289 e. The van der Waals surface area contributed by atoms with Crippen LogP contribution in [0.2, 0.25) is 0 Å². The summed E-state index contributed by atoms with van der Waals surface area (Å²) in [6, 6.07) is 18.7. The van der Waals surface area contributed by atoms with Crippen molar-refractivity contribution >= 4 is 23.7 Å². The molecular formula is C22H12O2. The molecule has 5 rings (SSSR count). The van der Waals surface area contributed by atoms with Crippen LogP contribution in [-0.2, 0) is 0 Å². The first-order valence-corrected chi connectivity index (χ1v) is 7.88. The van der Waals surface area contributed by atoms with E-state index in [0.717, 1.165) is 21.6 Å². The van der Waals surface area contributed by atoms with E-state index in [4.69, 9.17) is 0 Å². The van der Waals surface area contributed by atoms with Gasteiger partial charge in [0.25, 0.3) is 0 Å². The number of carbonyl (C=O) groups is 2. The molecule has 3 aromatic rings. The van der Waals surface area contributed by atoms with Crippen molar-refractivity contribution in [2.75, 3.05) is 0 Å². The fourth-order valence-corrected chi connectivity index (χ4v) is 3.60. The summed E-state index contributed by atoms with van der Waals surface area (Å²) in [6.07, 6.45) is 4.03. The van der Waals surface area contributed by atoms with Crippen LogP contribution >= 0.6 is 0 Å². The Morgan fingerprint density at radius 1 is 0.458 bits per heavy atom. The number of ketones is 2. The molecule has 2 heteroatoms. The smallest absolute Gasteiger partial charge is 0.194 e. The van der Waals surface area contributed by atoms with Gasteiger partial charge in [0.1, 0.15) is 0 Å². The van der Waals surface area contributed by atoms with Gasteiger partial charge in [-0.25, -0.2) is 0 Å². The van der Waals surface area contributed by atoms with E-state index in [2.05, 4.69) is 0 Å². The third-order valence-electron chi connectivity index (χ3n) is 4.79. The summed E-state index contributed by atoms with van der Waals surface area (Å²) in [4.78, 5) is 25.6. The SMILES string of the molecule is O=C1c2ccccc2C=c2c1ccc1c2=Cc2ccccc2C1=O. The molecule has 0 aromatic heterocycles. The molecule has 0 N–H and O–H groups in total. The molecule has 0 atom stereocenters. The third kappa shape index (κ3) is 1.65.